The molecule has 1 heterocycles. The Hall–Kier alpha value is -1.59. The molecule has 1 amide bonds. The molecule has 21 heavy (non-hydrogen) atoms. The predicted octanol–water partition coefficient (Wildman–Crippen LogP) is 3.39. The van der Waals surface area contributed by atoms with Gasteiger partial charge < -0.3 is 15.2 Å². The zero-order valence-corrected chi connectivity index (χ0v) is 13.7. The number of carbonyl (C=O) groups excluding carboxylic acids is 1. The first-order chi connectivity index (χ1) is 10.2. The lowest BCUT2D eigenvalue weighted by atomic mass is 10.3. The highest BCUT2D eigenvalue weighted by Crippen LogP contribution is 2.15. The minimum atomic E-state index is -0.0268. The molecule has 2 aromatic rings. The zero-order valence-electron chi connectivity index (χ0n) is 12.1. The van der Waals surface area contributed by atoms with Crippen LogP contribution in [0.3, 0.4) is 0 Å². The maximum atomic E-state index is 12.1. The molecule has 1 aromatic heterocycles. The molecule has 1 aromatic carbocycles. The molecule has 0 unspecified atom stereocenters. The van der Waals surface area contributed by atoms with Crippen LogP contribution in [0.1, 0.15) is 19.0 Å². The summed E-state index contributed by atoms with van der Waals surface area (Å²) >= 11 is 3.39. The van der Waals surface area contributed by atoms with E-state index in [0.29, 0.717) is 6.54 Å². The van der Waals surface area contributed by atoms with E-state index in [9.17, 15) is 4.79 Å². The SMILES string of the molecule is CCCNCc1cccn1CC(=O)Nc1cccc(Br)c1. The Morgan fingerprint density at radius 2 is 2.14 bits per heavy atom. The van der Waals surface area contributed by atoms with Gasteiger partial charge in [0.2, 0.25) is 5.91 Å². The number of halogens is 1. The van der Waals surface area contributed by atoms with Crippen molar-refractivity contribution in [1.29, 1.82) is 0 Å². The maximum absolute atomic E-state index is 12.1. The van der Waals surface area contributed by atoms with Crippen molar-refractivity contribution in [2.45, 2.75) is 26.4 Å². The van der Waals surface area contributed by atoms with Gasteiger partial charge in [0.05, 0.1) is 0 Å². The van der Waals surface area contributed by atoms with Crippen molar-refractivity contribution in [2.24, 2.45) is 0 Å². The van der Waals surface area contributed by atoms with Crippen molar-refractivity contribution in [3.8, 4) is 0 Å². The van der Waals surface area contributed by atoms with Crippen molar-refractivity contribution >= 4 is 27.5 Å². The average Bonchev–Trinajstić information content (AvgIpc) is 2.86. The first-order valence-corrected chi connectivity index (χ1v) is 7.88. The van der Waals surface area contributed by atoms with E-state index in [-0.39, 0.29) is 5.91 Å². The summed E-state index contributed by atoms with van der Waals surface area (Å²) in [4.78, 5) is 12.1. The quantitative estimate of drug-likeness (QED) is 0.752. The van der Waals surface area contributed by atoms with Gasteiger partial charge in [-0.2, -0.15) is 0 Å². The van der Waals surface area contributed by atoms with Gasteiger partial charge in [-0.15, -0.1) is 0 Å². The molecule has 0 saturated carbocycles. The number of amides is 1. The second-order valence-corrected chi connectivity index (χ2v) is 5.78. The highest BCUT2D eigenvalue weighted by molar-refractivity contribution is 9.10. The van der Waals surface area contributed by atoms with Gasteiger partial charge in [-0.25, -0.2) is 0 Å². The van der Waals surface area contributed by atoms with Gasteiger partial charge in [0.15, 0.2) is 0 Å². The van der Waals surface area contributed by atoms with Gasteiger partial charge >= 0.3 is 0 Å². The summed E-state index contributed by atoms with van der Waals surface area (Å²) in [5.74, 6) is -0.0268. The number of nitrogens with one attached hydrogen (secondary N) is 2. The fourth-order valence-electron chi connectivity index (χ4n) is 2.08. The first-order valence-electron chi connectivity index (χ1n) is 7.09. The number of anilines is 1. The molecule has 0 spiro atoms. The normalized spacial score (nSPS) is 10.6. The van der Waals surface area contributed by atoms with Gasteiger partial charge in [0.25, 0.3) is 0 Å². The first kappa shape index (κ1) is 15.8. The largest absolute Gasteiger partial charge is 0.341 e. The van der Waals surface area contributed by atoms with Gasteiger partial charge in [0, 0.05) is 28.6 Å². The minimum Gasteiger partial charge on any atom is -0.341 e. The lowest BCUT2D eigenvalue weighted by Crippen LogP contribution is -2.22. The summed E-state index contributed by atoms with van der Waals surface area (Å²) in [6.07, 6.45) is 3.04. The number of benzene rings is 1. The van der Waals surface area contributed by atoms with E-state index < -0.39 is 0 Å². The van der Waals surface area contributed by atoms with E-state index in [1.807, 2.05) is 47.2 Å². The average molecular weight is 350 g/mol. The Morgan fingerprint density at radius 1 is 1.29 bits per heavy atom. The molecule has 2 N–H and O–H groups in total. The smallest absolute Gasteiger partial charge is 0.244 e. The van der Waals surface area contributed by atoms with Crippen LogP contribution in [0.25, 0.3) is 0 Å². The number of hydrogen-bond acceptors (Lipinski definition) is 2. The fourth-order valence-corrected chi connectivity index (χ4v) is 2.48. The highest BCUT2D eigenvalue weighted by Gasteiger charge is 2.07. The number of aromatic nitrogens is 1. The van der Waals surface area contributed by atoms with Crippen molar-refractivity contribution < 1.29 is 4.79 Å². The van der Waals surface area contributed by atoms with Crippen LogP contribution in [0.4, 0.5) is 5.69 Å². The Morgan fingerprint density at radius 3 is 2.90 bits per heavy atom. The van der Waals surface area contributed by atoms with Crippen LogP contribution in [0.15, 0.2) is 47.1 Å². The molecule has 2 rings (SSSR count). The Bertz CT molecular complexity index is 595. The standard InChI is InChI=1S/C16H20BrN3O/c1-2-8-18-11-15-7-4-9-20(15)12-16(21)19-14-6-3-5-13(17)10-14/h3-7,9-10,18H,2,8,11-12H2,1H3,(H,19,21). The summed E-state index contributed by atoms with van der Waals surface area (Å²) in [6.45, 7) is 4.22. The maximum Gasteiger partial charge on any atom is 0.244 e. The van der Waals surface area contributed by atoms with E-state index in [2.05, 4.69) is 33.5 Å². The van der Waals surface area contributed by atoms with E-state index in [1.54, 1.807) is 0 Å². The Labute approximate surface area is 133 Å². The minimum absolute atomic E-state index is 0.0268. The monoisotopic (exact) mass is 349 g/mol. The van der Waals surface area contributed by atoms with Gasteiger partial charge in [-0.1, -0.05) is 28.9 Å². The highest BCUT2D eigenvalue weighted by atomic mass is 79.9. The molecule has 0 atom stereocenters. The molecule has 0 aliphatic rings. The van der Waals surface area contributed by atoms with Crippen LogP contribution >= 0.6 is 15.9 Å². The lowest BCUT2D eigenvalue weighted by molar-refractivity contribution is -0.116. The molecule has 0 aliphatic carbocycles. The summed E-state index contributed by atoms with van der Waals surface area (Å²) in [7, 11) is 0. The Kier molecular flexibility index (Phi) is 6.02. The van der Waals surface area contributed by atoms with Gasteiger partial charge in [-0.3, -0.25) is 4.79 Å². The molecule has 5 heteroatoms. The molecular weight excluding hydrogens is 330 g/mol. The molecule has 4 nitrogen and oxygen atoms in total. The third-order valence-electron chi connectivity index (χ3n) is 3.08. The number of rotatable bonds is 7. The number of carbonyl (C=O) groups is 1. The van der Waals surface area contributed by atoms with E-state index in [1.165, 1.54) is 0 Å². The molecule has 0 fully saturated rings. The van der Waals surface area contributed by atoms with Crippen LogP contribution in [0, 0.1) is 0 Å². The van der Waals surface area contributed by atoms with Crippen molar-refractivity contribution in [3.05, 3.63) is 52.8 Å². The second-order valence-electron chi connectivity index (χ2n) is 4.86. The van der Waals surface area contributed by atoms with Crippen LogP contribution < -0.4 is 10.6 Å². The summed E-state index contributed by atoms with van der Waals surface area (Å²) in [6, 6.07) is 11.6. The van der Waals surface area contributed by atoms with Crippen LogP contribution in [0.2, 0.25) is 0 Å². The number of nitrogens with zero attached hydrogens (tertiary/aromatic N) is 1. The zero-order chi connectivity index (χ0) is 15.1. The second kappa shape index (κ2) is 8.00. The predicted molar refractivity (Wildman–Crippen MR) is 89.2 cm³/mol. The van der Waals surface area contributed by atoms with Crippen LogP contribution in [-0.4, -0.2) is 17.0 Å². The summed E-state index contributed by atoms with van der Waals surface area (Å²) in [5.41, 5.74) is 1.92. The number of hydrogen-bond donors (Lipinski definition) is 2. The lowest BCUT2D eigenvalue weighted by Gasteiger charge is -2.10. The van der Waals surface area contributed by atoms with E-state index in [0.717, 1.165) is 35.4 Å². The molecule has 0 saturated heterocycles. The van der Waals surface area contributed by atoms with E-state index >= 15 is 0 Å². The third-order valence-corrected chi connectivity index (χ3v) is 3.57. The topological polar surface area (TPSA) is 46.1 Å². The van der Waals surface area contributed by atoms with Crippen molar-refractivity contribution in [3.63, 3.8) is 0 Å². The van der Waals surface area contributed by atoms with Crippen LogP contribution in [-0.2, 0) is 17.9 Å². The molecule has 0 bridgehead atoms. The van der Waals surface area contributed by atoms with Crippen molar-refractivity contribution in [2.75, 3.05) is 11.9 Å². The van der Waals surface area contributed by atoms with E-state index in [4.69, 9.17) is 0 Å². The molecular formula is C16H20BrN3O. The molecule has 0 radical (unpaired) electrons. The van der Waals surface area contributed by atoms with Crippen molar-refractivity contribution in [1.82, 2.24) is 9.88 Å². The fraction of sp³-hybridized carbons (Fsp3) is 0.312. The Balaban J connectivity index is 1.92. The third kappa shape index (κ3) is 5.02. The molecule has 112 valence electrons. The van der Waals surface area contributed by atoms with Crippen LogP contribution in [0.5, 0.6) is 0 Å². The summed E-state index contributed by atoms with van der Waals surface area (Å²) in [5, 5.41) is 6.25. The molecule has 0 aliphatic heterocycles. The summed E-state index contributed by atoms with van der Waals surface area (Å²) < 4.78 is 2.92. The van der Waals surface area contributed by atoms with Gasteiger partial charge in [0.1, 0.15) is 6.54 Å². The van der Waals surface area contributed by atoms with Gasteiger partial charge in [-0.05, 0) is 43.3 Å².